The monoisotopic (exact) mass is 498 g/mol. The molecule has 0 aliphatic heterocycles. The van der Waals surface area contributed by atoms with E-state index in [1.807, 2.05) is 19.0 Å². The second-order valence-electron chi connectivity index (χ2n) is 8.71. The second kappa shape index (κ2) is 11.9. The van der Waals surface area contributed by atoms with Gasteiger partial charge >= 0.3 is 0 Å². The molecular formula is C26H34N4O6. The van der Waals surface area contributed by atoms with Gasteiger partial charge in [-0.2, -0.15) is 0 Å². The number of ether oxygens (including phenoxy) is 2. The molecule has 0 amide bonds. The van der Waals surface area contributed by atoms with Crippen LogP contribution in [0.5, 0.6) is 11.5 Å². The Morgan fingerprint density at radius 3 is 1.86 bits per heavy atom. The summed E-state index contributed by atoms with van der Waals surface area (Å²) in [5.74, 6) is -1.77. The fraction of sp³-hybridized carbons (Fsp3) is 0.385. The fourth-order valence-electron chi connectivity index (χ4n) is 4.00. The molecule has 10 nitrogen and oxygen atoms in total. The molecule has 0 radical (unpaired) electrons. The predicted molar refractivity (Wildman–Crippen MR) is 138 cm³/mol. The number of benzene rings is 2. The zero-order valence-corrected chi connectivity index (χ0v) is 21.1. The minimum absolute atomic E-state index is 0.153. The van der Waals surface area contributed by atoms with Gasteiger partial charge in [0.2, 0.25) is 11.6 Å². The highest BCUT2D eigenvalue weighted by molar-refractivity contribution is 6.33. The number of carbonyl (C=O) groups excluding carboxylic acids is 2. The zero-order chi connectivity index (χ0) is 26.4. The summed E-state index contributed by atoms with van der Waals surface area (Å²) in [6.45, 7) is 6.11. The molecule has 36 heavy (non-hydrogen) atoms. The molecule has 3 rings (SSSR count). The molecule has 0 aromatic heterocycles. The van der Waals surface area contributed by atoms with Crippen LogP contribution in [0.25, 0.3) is 0 Å². The molecule has 0 heterocycles. The van der Waals surface area contributed by atoms with Crippen LogP contribution in [0.4, 0.5) is 11.4 Å². The van der Waals surface area contributed by atoms with Crippen molar-refractivity contribution in [3.63, 3.8) is 0 Å². The Labute approximate surface area is 210 Å². The lowest BCUT2D eigenvalue weighted by Crippen LogP contribution is -2.29. The predicted octanol–water partition coefficient (Wildman–Crippen LogP) is 2.37. The van der Waals surface area contributed by atoms with Gasteiger partial charge in [-0.15, -0.1) is 0 Å². The number of methoxy groups -OCH3 is 2. The molecule has 0 atom stereocenters. The van der Waals surface area contributed by atoms with Crippen LogP contribution in [0.2, 0.25) is 0 Å². The number of anilines is 2. The van der Waals surface area contributed by atoms with Crippen LogP contribution in [-0.2, 0) is 9.47 Å². The number of hydrogen-bond acceptors (Lipinski definition) is 10. The summed E-state index contributed by atoms with van der Waals surface area (Å²) in [6, 6.07) is 5.89. The molecule has 1 aliphatic carbocycles. The molecule has 0 saturated carbocycles. The Balaban J connectivity index is 1.88. The number of phenols is 2. The highest BCUT2D eigenvalue weighted by Gasteiger charge is 2.37. The maximum atomic E-state index is 13.6. The van der Waals surface area contributed by atoms with Crippen LogP contribution in [0, 0.1) is 0 Å². The minimum atomic E-state index is -0.535. The summed E-state index contributed by atoms with van der Waals surface area (Å²) in [7, 11) is 6.97. The van der Waals surface area contributed by atoms with E-state index in [0.29, 0.717) is 44.0 Å². The molecule has 0 unspecified atom stereocenters. The largest absolute Gasteiger partial charge is 0.507 e. The standard InChI is InChI=1S/C26H34N4O6/c1-15(29-14-20(35-4)36-5)10-11-27-16-6-7-17(28-12-13-30(2)3)22-21(16)25(33)23-18(31)8-9-19(32)24(23)26(22)34/h6-9,20,27-29,31-32H,1,10-14H2,2-5H3. The summed E-state index contributed by atoms with van der Waals surface area (Å²) in [5.41, 5.74) is 1.61. The van der Waals surface area contributed by atoms with Gasteiger partial charge in [-0.25, -0.2) is 0 Å². The van der Waals surface area contributed by atoms with Gasteiger partial charge in [0.05, 0.1) is 28.8 Å². The Kier molecular flexibility index (Phi) is 8.92. The lowest BCUT2D eigenvalue weighted by molar-refractivity contribution is -0.0976. The highest BCUT2D eigenvalue weighted by atomic mass is 16.7. The molecule has 0 saturated heterocycles. The van der Waals surface area contributed by atoms with Crippen molar-refractivity contribution >= 4 is 22.9 Å². The van der Waals surface area contributed by atoms with E-state index in [0.717, 1.165) is 5.70 Å². The van der Waals surface area contributed by atoms with Gasteiger partial charge in [0.25, 0.3) is 0 Å². The first-order valence-corrected chi connectivity index (χ1v) is 11.6. The van der Waals surface area contributed by atoms with Gasteiger partial charge in [-0.3, -0.25) is 9.59 Å². The smallest absolute Gasteiger partial charge is 0.200 e. The van der Waals surface area contributed by atoms with E-state index in [1.165, 1.54) is 12.1 Å². The second-order valence-corrected chi connectivity index (χ2v) is 8.71. The number of hydrogen-bond donors (Lipinski definition) is 5. The maximum Gasteiger partial charge on any atom is 0.200 e. The van der Waals surface area contributed by atoms with Gasteiger partial charge in [-0.1, -0.05) is 6.58 Å². The zero-order valence-electron chi connectivity index (χ0n) is 21.1. The summed E-state index contributed by atoms with van der Waals surface area (Å²) >= 11 is 0. The molecule has 2 aromatic carbocycles. The Bertz CT molecular complexity index is 1140. The van der Waals surface area contributed by atoms with Gasteiger partial charge in [0, 0.05) is 57.3 Å². The molecule has 0 bridgehead atoms. The van der Waals surface area contributed by atoms with Crippen molar-refractivity contribution in [3.8, 4) is 11.5 Å². The molecule has 0 spiro atoms. The van der Waals surface area contributed by atoms with Crippen LogP contribution >= 0.6 is 0 Å². The number of aromatic hydroxyl groups is 2. The van der Waals surface area contributed by atoms with E-state index < -0.39 is 17.9 Å². The molecule has 10 heteroatoms. The van der Waals surface area contributed by atoms with Crippen molar-refractivity contribution in [1.29, 1.82) is 0 Å². The van der Waals surface area contributed by atoms with Crippen LogP contribution in [0.15, 0.2) is 36.5 Å². The van der Waals surface area contributed by atoms with E-state index >= 15 is 0 Å². The van der Waals surface area contributed by atoms with Crippen LogP contribution in [0.1, 0.15) is 38.3 Å². The normalized spacial score (nSPS) is 12.5. The van der Waals surface area contributed by atoms with Gasteiger partial charge in [0.1, 0.15) is 11.5 Å². The minimum Gasteiger partial charge on any atom is -0.507 e. The van der Waals surface area contributed by atoms with Crippen LogP contribution < -0.4 is 16.0 Å². The quantitative estimate of drug-likeness (QED) is 0.177. The van der Waals surface area contributed by atoms with Gasteiger partial charge in [-0.05, 0) is 38.4 Å². The van der Waals surface area contributed by atoms with Crippen molar-refractivity contribution in [1.82, 2.24) is 10.2 Å². The Hall–Kier alpha value is -3.60. The average molecular weight is 499 g/mol. The first kappa shape index (κ1) is 27.0. The number of phenolic OH excluding ortho intramolecular Hbond substituents is 2. The third-order valence-corrected chi connectivity index (χ3v) is 5.94. The first-order chi connectivity index (χ1) is 17.2. The number of likely N-dealkylation sites (N-methyl/N-ethyl adjacent to an activating group) is 1. The molecule has 194 valence electrons. The van der Waals surface area contributed by atoms with Crippen molar-refractivity contribution in [2.75, 3.05) is 65.1 Å². The van der Waals surface area contributed by atoms with E-state index in [1.54, 1.807) is 26.4 Å². The lowest BCUT2D eigenvalue weighted by atomic mass is 9.81. The fourth-order valence-corrected chi connectivity index (χ4v) is 4.00. The topological polar surface area (TPSA) is 132 Å². The van der Waals surface area contributed by atoms with E-state index in [4.69, 9.17) is 9.47 Å². The molecule has 1 aliphatic rings. The third kappa shape index (κ3) is 5.78. The third-order valence-electron chi connectivity index (χ3n) is 5.94. The average Bonchev–Trinajstić information content (AvgIpc) is 2.84. The Morgan fingerprint density at radius 2 is 1.39 bits per heavy atom. The summed E-state index contributed by atoms with van der Waals surface area (Å²) in [4.78, 5) is 29.1. The van der Waals surface area contributed by atoms with E-state index in [9.17, 15) is 19.8 Å². The van der Waals surface area contributed by atoms with Crippen LogP contribution in [-0.4, -0.2) is 87.5 Å². The van der Waals surface area contributed by atoms with Crippen LogP contribution in [0.3, 0.4) is 0 Å². The number of fused-ring (bicyclic) bond motifs is 2. The van der Waals surface area contributed by atoms with Gasteiger partial charge in [0.15, 0.2) is 6.29 Å². The summed E-state index contributed by atoms with van der Waals surface area (Å²) < 4.78 is 10.3. The maximum absolute atomic E-state index is 13.6. The number of nitrogens with one attached hydrogen (secondary N) is 3. The Morgan fingerprint density at radius 1 is 0.889 bits per heavy atom. The molecule has 5 N–H and O–H groups in total. The van der Waals surface area contributed by atoms with E-state index in [-0.39, 0.29) is 33.8 Å². The van der Waals surface area contributed by atoms with Gasteiger partial charge < -0.3 is 40.5 Å². The first-order valence-electron chi connectivity index (χ1n) is 11.6. The number of nitrogens with zero attached hydrogens (tertiary/aromatic N) is 1. The number of rotatable bonds is 13. The molecule has 0 fully saturated rings. The molecular weight excluding hydrogens is 464 g/mol. The van der Waals surface area contributed by atoms with Crippen molar-refractivity contribution < 1.29 is 29.3 Å². The number of ketones is 2. The summed E-state index contributed by atoms with van der Waals surface area (Å²) in [6.07, 6.45) is 0.129. The highest BCUT2D eigenvalue weighted by Crippen LogP contribution is 2.42. The van der Waals surface area contributed by atoms with Crippen molar-refractivity contribution in [2.45, 2.75) is 12.7 Å². The molecule has 2 aromatic rings. The van der Waals surface area contributed by atoms with E-state index in [2.05, 4.69) is 22.5 Å². The lowest BCUT2D eigenvalue weighted by Gasteiger charge is -2.25. The van der Waals surface area contributed by atoms with Crippen molar-refractivity contribution in [3.05, 3.63) is 58.8 Å². The SMILES string of the molecule is C=C(CCNc1ccc(NCCN(C)C)c2c1C(=O)c1c(O)ccc(O)c1C2=O)NCC(OC)OC. The summed E-state index contributed by atoms with van der Waals surface area (Å²) in [5, 5.41) is 30.3. The van der Waals surface area contributed by atoms with Crippen molar-refractivity contribution in [2.24, 2.45) is 0 Å². The number of carbonyl (C=O) groups is 2.